The Balaban J connectivity index is 2.80. The van der Waals surface area contributed by atoms with Crippen molar-refractivity contribution < 1.29 is 29.3 Å². The second kappa shape index (κ2) is 8.26. The first kappa shape index (κ1) is 18.6. The van der Waals surface area contributed by atoms with Crippen LogP contribution < -0.4 is 0 Å². The molecule has 0 aromatic heterocycles. The van der Waals surface area contributed by atoms with Crippen molar-refractivity contribution in [1.82, 2.24) is 0 Å². The fourth-order valence-corrected chi connectivity index (χ4v) is 1.94. The van der Waals surface area contributed by atoms with Crippen LogP contribution in [0.2, 0.25) is 0 Å². The molecule has 22 heavy (non-hydrogen) atoms. The SMILES string of the molecule is CCOC(=O)[C@@](C)(COC(=O)c1ccc(Br)cc1)[C@@H](O)CO. The van der Waals surface area contributed by atoms with Gasteiger partial charge in [-0.2, -0.15) is 0 Å². The van der Waals surface area contributed by atoms with Gasteiger partial charge in [0.25, 0.3) is 0 Å². The molecule has 0 heterocycles. The first-order chi connectivity index (χ1) is 10.3. The average molecular weight is 375 g/mol. The van der Waals surface area contributed by atoms with E-state index in [2.05, 4.69) is 15.9 Å². The lowest BCUT2D eigenvalue weighted by molar-refractivity contribution is -0.167. The van der Waals surface area contributed by atoms with E-state index in [1.54, 1.807) is 31.2 Å². The topological polar surface area (TPSA) is 93.1 Å². The molecule has 0 aliphatic rings. The van der Waals surface area contributed by atoms with E-state index in [0.717, 1.165) is 4.47 Å². The van der Waals surface area contributed by atoms with Crippen LogP contribution >= 0.6 is 15.9 Å². The summed E-state index contributed by atoms with van der Waals surface area (Å²) < 4.78 is 10.8. The van der Waals surface area contributed by atoms with Crippen molar-refractivity contribution in [2.24, 2.45) is 5.41 Å². The van der Waals surface area contributed by atoms with Crippen LogP contribution in [0.5, 0.6) is 0 Å². The zero-order valence-electron chi connectivity index (χ0n) is 12.4. The van der Waals surface area contributed by atoms with Gasteiger partial charge in [0, 0.05) is 4.47 Å². The van der Waals surface area contributed by atoms with E-state index in [1.807, 2.05) is 0 Å². The van der Waals surface area contributed by atoms with Crippen LogP contribution in [-0.2, 0) is 14.3 Å². The predicted octanol–water partition coefficient (Wildman–Crippen LogP) is 1.53. The molecule has 0 aliphatic carbocycles. The van der Waals surface area contributed by atoms with Crippen molar-refractivity contribution in [3.63, 3.8) is 0 Å². The standard InChI is InChI=1S/C15H19BrO6/c1-3-21-14(20)15(2,12(18)8-17)9-22-13(19)10-4-6-11(16)7-5-10/h4-7,12,17-18H,3,8-9H2,1-2H3/t12-,15-/m0/s1. The maximum Gasteiger partial charge on any atom is 0.338 e. The van der Waals surface area contributed by atoms with Crippen LogP contribution in [0.15, 0.2) is 28.7 Å². The van der Waals surface area contributed by atoms with E-state index < -0.39 is 36.7 Å². The molecule has 0 bridgehead atoms. The van der Waals surface area contributed by atoms with Gasteiger partial charge in [-0.3, -0.25) is 4.79 Å². The summed E-state index contributed by atoms with van der Waals surface area (Å²) in [6, 6.07) is 6.50. The first-order valence-corrected chi connectivity index (χ1v) is 7.53. The Kier molecular flexibility index (Phi) is 6.99. The van der Waals surface area contributed by atoms with E-state index in [4.69, 9.17) is 14.6 Å². The van der Waals surface area contributed by atoms with Gasteiger partial charge >= 0.3 is 11.9 Å². The van der Waals surface area contributed by atoms with Crippen LogP contribution in [0.1, 0.15) is 24.2 Å². The molecular weight excluding hydrogens is 356 g/mol. The Labute approximate surface area is 137 Å². The van der Waals surface area contributed by atoms with Crippen molar-refractivity contribution in [2.75, 3.05) is 19.8 Å². The normalized spacial score (nSPS) is 14.8. The molecule has 0 radical (unpaired) electrons. The molecule has 1 rings (SSSR count). The third-order valence-electron chi connectivity index (χ3n) is 3.23. The van der Waals surface area contributed by atoms with Crippen molar-refractivity contribution in [3.05, 3.63) is 34.3 Å². The molecule has 2 atom stereocenters. The number of hydrogen-bond acceptors (Lipinski definition) is 6. The number of ether oxygens (including phenoxy) is 2. The molecule has 2 N–H and O–H groups in total. The monoisotopic (exact) mass is 374 g/mol. The van der Waals surface area contributed by atoms with Gasteiger partial charge in [-0.15, -0.1) is 0 Å². The smallest absolute Gasteiger partial charge is 0.338 e. The van der Waals surface area contributed by atoms with E-state index in [9.17, 15) is 14.7 Å². The third-order valence-corrected chi connectivity index (χ3v) is 3.76. The molecule has 0 spiro atoms. The van der Waals surface area contributed by atoms with Crippen molar-refractivity contribution >= 4 is 27.9 Å². The molecule has 6 nitrogen and oxygen atoms in total. The highest BCUT2D eigenvalue weighted by molar-refractivity contribution is 9.10. The van der Waals surface area contributed by atoms with E-state index in [1.165, 1.54) is 6.92 Å². The summed E-state index contributed by atoms with van der Waals surface area (Å²) in [5, 5.41) is 18.9. The molecular formula is C15H19BrO6. The van der Waals surface area contributed by atoms with Crippen LogP contribution in [-0.4, -0.2) is 48.1 Å². The fourth-order valence-electron chi connectivity index (χ4n) is 1.67. The van der Waals surface area contributed by atoms with Crippen molar-refractivity contribution in [3.8, 4) is 0 Å². The molecule has 122 valence electrons. The van der Waals surface area contributed by atoms with Gasteiger partial charge in [-0.1, -0.05) is 15.9 Å². The van der Waals surface area contributed by atoms with Crippen LogP contribution in [0, 0.1) is 5.41 Å². The number of esters is 2. The molecule has 0 amide bonds. The summed E-state index contributed by atoms with van der Waals surface area (Å²) in [4.78, 5) is 23.9. The molecule has 0 saturated heterocycles. The van der Waals surface area contributed by atoms with Gasteiger partial charge in [-0.25, -0.2) is 4.79 Å². The first-order valence-electron chi connectivity index (χ1n) is 6.74. The Bertz CT molecular complexity index is 515. The lowest BCUT2D eigenvalue weighted by Crippen LogP contribution is -2.47. The molecule has 1 aromatic rings. The Morgan fingerprint density at radius 2 is 1.86 bits per heavy atom. The zero-order valence-corrected chi connectivity index (χ0v) is 14.0. The molecule has 1 aromatic carbocycles. The van der Waals surface area contributed by atoms with E-state index >= 15 is 0 Å². The summed E-state index contributed by atoms with van der Waals surface area (Å²) in [6.07, 6.45) is -1.40. The number of rotatable bonds is 7. The minimum absolute atomic E-state index is 0.118. The highest BCUT2D eigenvalue weighted by Gasteiger charge is 2.43. The summed E-state index contributed by atoms with van der Waals surface area (Å²) in [6.45, 7) is 2.07. The predicted molar refractivity (Wildman–Crippen MR) is 82.3 cm³/mol. The van der Waals surface area contributed by atoms with Gasteiger partial charge in [0.1, 0.15) is 12.0 Å². The fraction of sp³-hybridized carbons (Fsp3) is 0.467. The third kappa shape index (κ3) is 4.53. The second-order valence-corrected chi connectivity index (χ2v) is 5.84. The zero-order chi connectivity index (χ0) is 16.8. The Hall–Kier alpha value is -1.44. The molecule has 7 heteroatoms. The highest BCUT2D eigenvalue weighted by Crippen LogP contribution is 2.25. The van der Waals surface area contributed by atoms with E-state index in [0.29, 0.717) is 5.56 Å². The van der Waals surface area contributed by atoms with Crippen molar-refractivity contribution in [1.29, 1.82) is 0 Å². The maximum absolute atomic E-state index is 12.0. The lowest BCUT2D eigenvalue weighted by atomic mass is 9.85. The largest absolute Gasteiger partial charge is 0.465 e. The van der Waals surface area contributed by atoms with Gasteiger partial charge in [0.2, 0.25) is 0 Å². The molecule has 0 aliphatic heterocycles. The molecule has 0 fully saturated rings. The highest BCUT2D eigenvalue weighted by atomic mass is 79.9. The number of carbonyl (C=O) groups is 2. The minimum Gasteiger partial charge on any atom is -0.465 e. The number of aliphatic hydroxyl groups is 2. The van der Waals surface area contributed by atoms with Crippen LogP contribution in [0.25, 0.3) is 0 Å². The Morgan fingerprint density at radius 1 is 1.27 bits per heavy atom. The number of hydrogen-bond donors (Lipinski definition) is 2. The number of carbonyl (C=O) groups excluding carboxylic acids is 2. The van der Waals surface area contributed by atoms with Crippen LogP contribution in [0.4, 0.5) is 0 Å². The molecule has 0 unspecified atom stereocenters. The van der Waals surface area contributed by atoms with Crippen LogP contribution in [0.3, 0.4) is 0 Å². The van der Waals surface area contributed by atoms with Crippen molar-refractivity contribution in [2.45, 2.75) is 20.0 Å². The lowest BCUT2D eigenvalue weighted by Gasteiger charge is -2.30. The van der Waals surface area contributed by atoms with Gasteiger partial charge < -0.3 is 19.7 Å². The Morgan fingerprint density at radius 3 is 2.36 bits per heavy atom. The molecule has 0 saturated carbocycles. The summed E-state index contributed by atoms with van der Waals surface area (Å²) in [5.74, 6) is -1.37. The number of halogens is 1. The van der Waals surface area contributed by atoms with E-state index in [-0.39, 0.29) is 6.61 Å². The minimum atomic E-state index is -1.53. The maximum atomic E-state index is 12.0. The summed E-state index contributed by atoms with van der Waals surface area (Å²) in [7, 11) is 0. The van der Waals surface area contributed by atoms with Gasteiger partial charge in [0.05, 0.1) is 24.9 Å². The number of benzene rings is 1. The quantitative estimate of drug-likeness (QED) is 0.703. The average Bonchev–Trinajstić information content (AvgIpc) is 2.52. The second-order valence-electron chi connectivity index (χ2n) is 4.92. The van der Waals surface area contributed by atoms with Gasteiger partial charge in [0.15, 0.2) is 0 Å². The number of aliphatic hydroxyl groups excluding tert-OH is 2. The summed E-state index contributed by atoms with van der Waals surface area (Å²) >= 11 is 3.26. The summed E-state index contributed by atoms with van der Waals surface area (Å²) in [5.41, 5.74) is -1.22. The van der Waals surface area contributed by atoms with Gasteiger partial charge in [-0.05, 0) is 38.1 Å².